The number of benzene rings is 1. The van der Waals surface area contributed by atoms with Gasteiger partial charge in [-0.3, -0.25) is 0 Å². The number of hydrogen-bond acceptors (Lipinski definition) is 6. The predicted molar refractivity (Wildman–Crippen MR) is 94.2 cm³/mol. The van der Waals surface area contributed by atoms with Crippen LogP contribution >= 0.6 is 0 Å². The second-order valence-electron chi connectivity index (χ2n) is 6.15. The van der Waals surface area contributed by atoms with Crippen LogP contribution in [0.25, 0.3) is 6.08 Å². The summed E-state index contributed by atoms with van der Waals surface area (Å²) in [6.07, 6.45) is 7.27. The molecule has 0 bridgehead atoms. The Morgan fingerprint density at radius 3 is 2.28 bits per heavy atom. The molecule has 0 atom stereocenters. The normalized spacial score (nSPS) is 19.6. The van der Waals surface area contributed by atoms with E-state index in [0.717, 1.165) is 25.7 Å². The molecule has 3 rings (SSSR count). The van der Waals surface area contributed by atoms with Crippen LogP contribution in [0.5, 0.6) is 17.2 Å². The van der Waals surface area contributed by atoms with Gasteiger partial charge in [-0.2, -0.15) is 0 Å². The molecule has 1 aromatic carbocycles. The van der Waals surface area contributed by atoms with Crippen molar-refractivity contribution in [3.8, 4) is 17.2 Å². The Labute approximate surface area is 147 Å². The van der Waals surface area contributed by atoms with Crippen LogP contribution in [0.15, 0.2) is 22.8 Å². The number of cyclic esters (lactones) is 1. The standard InChI is InChI=1S/C19H23NO5/c1-22-15-11-17(24-3)16(23-2)10-13(15)9-14-19(21)25-18(20-14)12-7-5-4-6-8-12/h9-12H,4-8H2,1-3H3. The van der Waals surface area contributed by atoms with Gasteiger partial charge in [0, 0.05) is 17.5 Å². The molecule has 1 heterocycles. The highest BCUT2D eigenvalue weighted by molar-refractivity contribution is 6.08. The monoisotopic (exact) mass is 345 g/mol. The number of ether oxygens (including phenoxy) is 4. The number of hydrogen-bond donors (Lipinski definition) is 0. The number of carbonyl (C=O) groups excluding carboxylic acids is 1. The van der Waals surface area contributed by atoms with E-state index in [9.17, 15) is 4.79 Å². The zero-order valence-electron chi connectivity index (χ0n) is 14.8. The molecule has 0 amide bonds. The van der Waals surface area contributed by atoms with Crippen LogP contribution in [0.3, 0.4) is 0 Å². The molecule has 6 nitrogen and oxygen atoms in total. The maximum absolute atomic E-state index is 12.2. The Morgan fingerprint density at radius 2 is 1.64 bits per heavy atom. The third-order valence-corrected chi connectivity index (χ3v) is 4.62. The fourth-order valence-electron chi connectivity index (χ4n) is 3.26. The molecular weight excluding hydrogens is 322 g/mol. The molecule has 1 aromatic rings. The van der Waals surface area contributed by atoms with Crippen molar-refractivity contribution in [2.45, 2.75) is 32.1 Å². The molecule has 0 saturated heterocycles. The summed E-state index contributed by atoms with van der Waals surface area (Å²) in [5.41, 5.74) is 0.965. The van der Waals surface area contributed by atoms with Crippen LogP contribution in [0.2, 0.25) is 0 Å². The lowest BCUT2D eigenvalue weighted by Crippen LogP contribution is -2.19. The van der Waals surface area contributed by atoms with Crippen molar-refractivity contribution in [2.24, 2.45) is 10.9 Å². The highest BCUT2D eigenvalue weighted by atomic mass is 16.6. The van der Waals surface area contributed by atoms with Gasteiger partial charge >= 0.3 is 5.97 Å². The molecule has 6 heteroatoms. The Morgan fingerprint density at radius 1 is 1.00 bits per heavy atom. The van der Waals surface area contributed by atoms with Crippen LogP contribution in [-0.4, -0.2) is 33.2 Å². The Hall–Kier alpha value is -2.50. The Bertz CT molecular complexity index is 717. The van der Waals surface area contributed by atoms with Gasteiger partial charge in [0.1, 0.15) is 5.75 Å². The van der Waals surface area contributed by atoms with E-state index in [0.29, 0.717) is 28.7 Å². The second kappa shape index (κ2) is 7.59. The van der Waals surface area contributed by atoms with E-state index in [-0.39, 0.29) is 11.6 Å². The van der Waals surface area contributed by atoms with E-state index in [1.54, 1.807) is 39.5 Å². The lowest BCUT2D eigenvalue weighted by atomic mass is 9.89. The predicted octanol–water partition coefficient (Wildman–Crippen LogP) is 3.59. The molecule has 1 saturated carbocycles. The fourth-order valence-corrected chi connectivity index (χ4v) is 3.26. The molecule has 0 radical (unpaired) electrons. The Kier molecular flexibility index (Phi) is 5.26. The van der Waals surface area contributed by atoms with Gasteiger partial charge in [0.25, 0.3) is 0 Å². The first-order chi connectivity index (χ1) is 12.2. The van der Waals surface area contributed by atoms with Crippen LogP contribution in [-0.2, 0) is 9.53 Å². The third-order valence-electron chi connectivity index (χ3n) is 4.62. The number of methoxy groups -OCH3 is 3. The van der Waals surface area contributed by atoms with Gasteiger partial charge in [0.15, 0.2) is 17.2 Å². The average molecular weight is 345 g/mol. The van der Waals surface area contributed by atoms with Gasteiger partial charge in [-0.25, -0.2) is 9.79 Å². The third kappa shape index (κ3) is 3.62. The summed E-state index contributed by atoms with van der Waals surface area (Å²) in [6, 6.07) is 3.48. The average Bonchev–Trinajstić information content (AvgIpc) is 3.02. The van der Waals surface area contributed by atoms with Gasteiger partial charge in [-0.15, -0.1) is 0 Å². The smallest absolute Gasteiger partial charge is 0.363 e. The zero-order valence-corrected chi connectivity index (χ0v) is 14.8. The lowest BCUT2D eigenvalue weighted by molar-refractivity contribution is -0.130. The van der Waals surface area contributed by atoms with Crippen molar-refractivity contribution in [2.75, 3.05) is 21.3 Å². The molecule has 1 aliphatic carbocycles. The van der Waals surface area contributed by atoms with Crippen LogP contribution in [0.1, 0.15) is 37.7 Å². The Balaban J connectivity index is 1.93. The van der Waals surface area contributed by atoms with E-state index < -0.39 is 5.97 Å². The van der Waals surface area contributed by atoms with Crippen molar-refractivity contribution in [3.05, 3.63) is 23.4 Å². The molecule has 0 spiro atoms. The molecule has 25 heavy (non-hydrogen) atoms. The number of nitrogens with zero attached hydrogens (tertiary/aromatic N) is 1. The molecule has 2 aliphatic rings. The molecule has 134 valence electrons. The van der Waals surface area contributed by atoms with Gasteiger partial charge in [0.2, 0.25) is 5.90 Å². The number of rotatable bonds is 5. The first-order valence-electron chi connectivity index (χ1n) is 8.48. The molecule has 0 aromatic heterocycles. The van der Waals surface area contributed by atoms with Crippen molar-refractivity contribution in [1.29, 1.82) is 0 Å². The first-order valence-corrected chi connectivity index (χ1v) is 8.48. The molecule has 1 aliphatic heterocycles. The maximum atomic E-state index is 12.2. The molecule has 1 fully saturated rings. The quantitative estimate of drug-likeness (QED) is 0.603. The minimum absolute atomic E-state index is 0.246. The minimum Gasteiger partial charge on any atom is -0.496 e. The number of esters is 1. The molecular formula is C19H23NO5. The number of carbonyl (C=O) groups is 1. The number of aliphatic imine (C=N–C) groups is 1. The van der Waals surface area contributed by atoms with E-state index in [1.807, 2.05) is 0 Å². The van der Waals surface area contributed by atoms with E-state index in [2.05, 4.69) is 4.99 Å². The van der Waals surface area contributed by atoms with Gasteiger partial charge < -0.3 is 18.9 Å². The van der Waals surface area contributed by atoms with Crippen molar-refractivity contribution < 1.29 is 23.7 Å². The summed E-state index contributed by atoms with van der Waals surface area (Å²) in [6.45, 7) is 0. The topological polar surface area (TPSA) is 66.3 Å². The molecule has 0 unspecified atom stereocenters. The summed E-state index contributed by atoms with van der Waals surface area (Å²) in [5.74, 6) is 2.06. The SMILES string of the molecule is COc1cc(OC)c(OC)cc1C=C1N=C(C2CCCCC2)OC1=O. The van der Waals surface area contributed by atoms with Gasteiger partial charge in [-0.1, -0.05) is 19.3 Å². The second-order valence-corrected chi connectivity index (χ2v) is 6.15. The van der Waals surface area contributed by atoms with Gasteiger partial charge in [0.05, 0.1) is 21.3 Å². The van der Waals surface area contributed by atoms with Crippen molar-refractivity contribution in [3.63, 3.8) is 0 Å². The lowest BCUT2D eigenvalue weighted by Gasteiger charge is -2.19. The summed E-state index contributed by atoms with van der Waals surface area (Å²) < 4.78 is 21.4. The highest BCUT2D eigenvalue weighted by Gasteiger charge is 2.30. The minimum atomic E-state index is -0.419. The van der Waals surface area contributed by atoms with E-state index in [1.165, 1.54) is 6.42 Å². The van der Waals surface area contributed by atoms with Crippen LogP contribution in [0.4, 0.5) is 0 Å². The largest absolute Gasteiger partial charge is 0.496 e. The first kappa shape index (κ1) is 17.3. The fraction of sp³-hybridized carbons (Fsp3) is 0.474. The zero-order chi connectivity index (χ0) is 17.8. The summed E-state index contributed by atoms with van der Waals surface area (Å²) in [5, 5.41) is 0. The van der Waals surface area contributed by atoms with Gasteiger partial charge in [-0.05, 0) is 25.0 Å². The highest BCUT2D eigenvalue weighted by Crippen LogP contribution is 2.36. The van der Waals surface area contributed by atoms with E-state index in [4.69, 9.17) is 18.9 Å². The van der Waals surface area contributed by atoms with Crippen LogP contribution < -0.4 is 14.2 Å². The summed E-state index contributed by atoms with van der Waals surface area (Å²) >= 11 is 0. The van der Waals surface area contributed by atoms with Crippen molar-refractivity contribution in [1.82, 2.24) is 0 Å². The maximum Gasteiger partial charge on any atom is 0.363 e. The summed E-state index contributed by atoms with van der Waals surface area (Å²) in [7, 11) is 4.68. The summed E-state index contributed by atoms with van der Waals surface area (Å²) in [4.78, 5) is 16.6. The molecule has 0 N–H and O–H groups in total. The van der Waals surface area contributed by atoms with E-state index >= 15 is 0 Å². The van der Waals surface area contributed by atoms with Crippen molar-refractivity contribution >= 4 is 17.9 Å². The van der Waals surface area contributed by atoms with Crippen LogP contribution in [0, 0.1) is 5.92 Å².